The Labute approximate surface area is 122 Å². The van der Waals surface area contributed by atoms with Crippen LogP contribution in [0.15, 0.2) is 0 Å². The zero-order chi connectivity index (χ0) is 14.4. The molecule has 1 N–H and O–H groups in total. The van der Waals surface area contributed by atoms with Crippen LogP contribution in [0.5, 0.6) is 0 Å². The van der Waals surface area contributed by atoms with E-state index in [0.717, 1.165) is 58.2 Å². The van der Waals surface area contributed by atoms with Crippen molar-refractivity contribution in [2.45, 2.75) is 40.3 Å². The molecule has 0 bridgehead atoms. The van der Waals surface area contributed by atoms with Gasteiger partial charge in [-0.05, 0) is 26.8 Å². The number of morpholine rings is 1. The van der Waals surface area contributed by atoms with E-state index in [1.165, 1.54) is 17.7 Å². The van der Waals surface area contributed by atoms with Crippen molar-refractivity contribution in [2.24, 2.45) is 0 Å². The normalized spacial score (nSPS) is 16.8. The van der Waals surface area contributed by atoms with Gasteiger partial charge in [0.1, 0.15) is 0 Å². The largest absolute Gasteiger partial charge is 0.379 e. The molecule has 0 amide bonds. The van der Waals surface area contributed by atoms with E-state index < -0.39 is 0 Å². The number of aryl methyl sites for hydroxylation is 1. The summed E-state index contributed by atoms with van der Waals surface area (Å²) in [6.45, 7) is 14.3. The van der Waals surface area contributed by atoms with Crippen LogP contribution in [-0.4, -0.2) is 54.1 Å². The molecule has 2 rings (SSSR count). The van der Waals surface area contributed by atoms with E-state index in [9.17, 15) is 0 Å². The summed E-state index contributed by atoms with van der Waals surface area (Å²) in [4.78, 5) is 2.45. The predicted molar refractivity (Wildman–Crippen MR) is 81.0 cm³/mol. The summed E-state index contributed by atoms with van der Waals surface area (Å²) >= 11 is 0. The van der Waals surface area contributed by atoms with Crippen molar-refractivity contribution in [3.63, 3.8) is 0 Å². The summed E-state index contributed by atoms with van der Waals surface area (Å²) in [6.07, 6.45) is 1.17. The van der Waals surface area contributed by atoms with E-state index in [-0.39, 0.29) is 0 Å². The lowest BCUT2D eigenvalue weighted by Crippen LogP contribution is -2.38. The Morgan fingerprint density at radius 1 is 1.20 bits per heavy atom. The first kappa shape index (κ1) is 15.5. The Hall–Kier alpha value is -0.910. The molecule has 1 aliphatic rings. The molecule has 0 unspecified atom stereocenters. The molecule has 1 aromatic heterocycles. The van der Waals surface area contributed by atoms with E-state index in [0.29, 0.717) is 0 Å². The Morgan fingerprint density at radius 2 is 1.95 bits per heavy atom. The quantitative estimate of drug-likeness (QED) is 0.765. The molecule has 1 fully saturated rings. The Morgan fingerprint density at radius 3 is 2.65 bits per heavy atom. The van der Waals surface area contributed by atoms with Crippen molar-refractivity contribution >= 4 is 0 Å². The Bertz CT molecular complexity index is 410. The van der Waals surface area contributed by atoms with Crippen LogP contribution in [0.1, 0.15) is 30.3 Å². The van der Waals surface area contributed by atoms with Gasteiger partial charge < -0.3 is 10.1 Å². The van der Waals surface area contributed by atoms with Crippen LogP contribution < -0.4 is 5.32 Å². The Balaban J connectivity index is 1.89. The smallest absolute Gasteiger partial charge is 0.0641 e. The molecule has 2 heterocycles. The van der Waals surface area contributed by atoms with Crippen molar-refractivity contribution in [3.05, 3.63) is 17.0 Å². The van der Waals surface area contributed by atoms with Gasteiger partial charge in [-0.15, -0.1) is 0 Å². The van der Waals surface area contributed by atoms with Crippen molar-refractivity contribution in [1.82, 2.24) is 20.0 Å². The van der Waals surface area contributed by atoms with E-state index in [4.69, 9.17) is 9.84 Å². The minimum absolute atomic E-state index is 0.864. The highest BCUT2D eigenvalue weighted by atomic mass is 16.5. The van der Waals surface area contributed by atoms with Gasteiger partial charge in [-0.25, -0.2) is 0 Å². The molecule has 0 aromatic carbocycles. The lowest BCUT2D eigenvalue weighted by atomic mass is 10.2. The fourth-order valence-electron chi connectivity index (χ4n) is 2.66. The number of hydrogen-bond acceptors (Lipinski definition) is 4. The summed E-state index contributed by atoms with van der Waals surface area (Å²) in [5.74, 6) is 0. The highest BCUT2D eigenvalue weighted by Gasteiger charge is 2.13. The summed E-state index contributed by atoms with van der Waals surface area (Å²) in [5.41, 5.74) is 3.83. The van der Waals surface area contributed by atoms with Crippen molar-refractivity contribution in [1.29, 1.82) is 0 Å². The SMILES string of the molecule is CCCNCc1c(C)nn(CCN2CCOCC2)c1C. The van der Waals surface area contributed by atoms with E-state index in [1.807, 2.05) is 0 Å². The molecular formula is C15H28N4O. The second kappa shape index (κ2) is 7.76. The molecule has 5 heteroatoms. The average Bonchev–Trinajstić information content (AvgIpc) is 2.74. The zero-order valence-electron chi connectivity index (χ0n) is 13.1. The number of rotatable bonds is 7. The van der Waals surface area contributed by atoms with Crippen LogP contribution in [0, 0.1) is 13.8 Å². The highest BCUT2D eigenvalue weighted by Crippen LogP contribution is 2.13. The van der Waals surface area contributed by atoms with Crippen LogP contribution in [0.2, 0.25) is 0 Å². The van der Waals surface area contributed by atoms with Gasteiger partial charge in [0.2, 0.25) is 0 Å². The third-order valence-electron chi connectivity index (χ3n) is 3.99. The van der Waals surface area contributed by atoms with Gasteiger partial charge >= 0.3 is 0 Å². The molecule has 1 saturated heterocycles. The molecule has 20 heavy (non-hydrogen) atoms. The molecular weight excluding hydrogens is 252 g/mol. The standard InChI is InChI=1S/C15H28N4O/c1-4-5-16-12-15-13(2)17-19(14(15)3)7-6-18-8-10-20-11-9-18/h16H,4-12H2,1-3H3. The van der Waals surface area contributed by atoms with Crippen molar-refractivity contribution < 1.29 is 4.74 Å². The number of hydrogen-bond donors (Lipinski definition) is 1. The molecule has 0 atom stereocenters. The first-order chi connectivity index (χ1) is 9.72. The summed E-state index contributed by atoms with van der Waals surface area (Å²) in [7, 11) is 0. The van der Waals surface area contributed by atoms with Gasteiger partial charge in [0.25, 0.3) is 0 Å². The van der Waals surface area contributed by atoms with Crippen molar-refractivity contribution in [3.8, 4) is 0 Å². The molecule has 5 nitrogen and oxygen atoms in total. The summed E-state index contributed by atoms with van der Waals surface area (Å²) in [6, 6.07) is 0. The predicted octanol–water partition coefficient (Wildman–Crippen LogP) is 1.33. The molecule has 0 aliphatic carbocycles. The number of ether oxygens (including phenoxy) is 1. The molecule has 0 spiro atoms. The fourth-order valence-corrected chi connectivity index (χ4v) is 2.66. The first-order valence-corrected chi connectivity index (χ1v) is 7.76. The van der Waals surface area contributed by atoms with Crippen LogP contribution >= 0.6 is 0 Å². The van der Waals surface area contributed by atoms with Gasteiger partial charge in [-0.2, -0.15) is 5.10 Å². The average molecular weight is 280 g/mol. The topological polar surface area (TPSA) is 42.3 Å². The maximum absolute atomic E-state index is 5.38. The first-order valence-electron chi connectivity index (χ1n) is 7.76. The second-order valence-corrected chi connectivity index (χ2v) is 5.50. The van der Waals surface area contributed by atoms with Crippen molar-refractivity contribution in [2.75, 3.05) is 39.4 Å². The summed E-state index contributed by atoms with van der Waals surface area (Å²) in [5, 5.41) is 8.16. The Kier molecular flexibility index (Phi) is 6.01. The molecule has 114 valence electrons. The van der Waals surface area contributed by atoms with Crippen LogP contribution in [0.4, 0.5) is 0 Å². The maximum atomic E-state index is 5.38. The van der Waals surface area contributed by atoms with Gasteiger partial charge in [-0.3, -0.25) is 9.58 Å². The zero-order valence-corrected chi connectivity index (χ0v) is 13.1. The highest BCUT2D eigenvalue weighted by molar-refractivity contribution is 5.24. The monoisotopic (exact) mass is 280 g/mol. The second-order valence-electron chi connectivity index (χ2n) is 5.50. The summed E-state index contributed by atoms with van der Waals surface area (Å²) < 4.78 is 7.54. The lowest BCUT2D eigenvalue weighted by molar-refractivity contribution is 0.0359. The lowest BCUT2D eigenvalue weighted by Gasteiger charge is -2.26. The van der Waals surface area contributed by atoms with Gasteiger partial charge in [0.15, 0.2) is 0 Å². The van der Waals surface area contributed by atoms with Crippen LogP contribution in [-0.2, 0) is 17.8 Å². The van der Waals surface area contributed by atoms with Gasteiger partial charge in [0.05, 0.1) is 25.5 Å². The maximum Gasteiger partial charge on any atom is 0.0641 e. The minimum atomic E-state index is 0.864. The third-order valence-corrected chi connectivity index (χ3v) is 3.99. The van der Waals surface area contributed by atoms with E-state index in [2.05, 4.69) is 35.7 Å². The van der Waals surface area contributed by atoms with E-state index >= 15 is 0 Å². The molecule has 1 aliphatic heterocycles. The number of nitrogens with one attached hydrogen (secondary N) is 1. The van der Waals surface area contributed by atoms with Crippen LogP contribution in [0.25, 0.3) is 0 Å². The third kappa shape index (κ3) is 4.04. The van der Waals surface area contributed by atoms with Gasteiger partial charge in [0, 0.05) is 37.4 Å². The fraction of sp³-hybridized carbons (Fsp3) is 0.800. The van der Waals surface area contributed by atoms with Crippen LogP contribution in [0.3, 0.4) is 0 Å². The molecule has 0 saturated carbocycles. The molecule has 1 aromatic rings. The molecule has 0 radical (unpaired) electrons. The number of aromatic nitrogens is 2. The van der Waals surface area contributed by atoms with Gasteiger partial charge in [-0.1, -0.05) is 6.92 Å². The van der Waals surface area contributed by atoms with E-state index in [1.54, 1.807) is 0 Å². The number of nitrogens with zero attached hydrogens (tertiary/aromatic N) is 3. The minimum Gasteiger partial charge on any atom is -0.379 e.